The van der Waals surface area contributed by atoms with Crippen LogP contribution in [-0.4, -0.2) is 35.6 Å². The second-order valence-corrected chi connectivity index (χ2v) is 5.85. The number of aliphatic hydroxyl groups is 1. The van der Waals surface area contributed by atoms with Gasteiger partial charge < -0.3 is 10.0 Å². The van der Waals surface area contributed by atoms with Crippen molar-refractivity contribution in [3.8, 4) is 11.8 Å². The molecular weight excluding hydrogens is 262 g/mol. The molecule has 1 amide bonds. The summed E-state index contributed by atoms with van der Waals surface area (Å²) >= 11 is 0. The van der Waals surface area contributed by atoms with Gasteiger partial charge in [-0.2, -0.15) is 0 Å². The van der Waals surface area contributed by atoms with Crippen molar-refractivity contribution in [2.24, 2.45) is 11.8 Å². The van der Waals surface area contributed by atoms with Gasteiger partial charge in [-0.1, -0.05) is 31.8 Å². The largest absolute Gasteiger partial charge is 0.395 e. The topological polar surface area (TPSA) is 40.5 Å². The van der Waals surface area contributed by atoms with Gasteiger partial charge in [-0.15, -0.1) is 0 Å². The molecule has 112 valence electrons. The number of rotatable bonds is 2. The number of carbonyl (C=O) groups excluding carboxylic acids is 1. The molecule has 0 bridgehead atoms. The molecule has 1 fully saturated rings. The third-order valence-electron chi connectivity index (χ3n) is 4.20. The first-order valence-corrected chi connectivity index (χ1v) is 7.61. The van der Waals surface area contributed by atoms with E-state index >= 15 is 0 Å². The van der Waals surface area contributed by atoms with E-state index in [1.165, 1.54) is 0 Å². The number of aliphatic hydroxyl groups excluding tert-OH is 1. The average Bonchev–Trinajstić information content (AvgIpc) is 2.50. The summed E-state index contributed by atoms with van der Waals surface area (Å²) in [6, 6.07) is 7.45. The van der Waals surface area contributed by atoms with Crippen LogP contribution in [0.4, 0.5) is 0 Å². The van der Waals surface area contributed by atoms with E-state index in [2.05, 4.69) is 25.7 Å². The van der Waals surface area contributed by atoms with Crippen molar-refractivity contribution >= 4 is 5.91 Å². The maximum atomic E-state index is 12.6. The van der Waals surface area contributed by atoms with Gasteiger partial charge in [0.1, 0.15) is 0 Å². The average molecular weight is 285 g/mol. The Kier molecular flexibility index (Phi) is 5.41. The maximum absolute atomic E-state index is 12.6. The van der Waals surface area contributed by atoms with Crippen LogP contribution in [0, 0.1) is 23.7 Å². The zero-order valence-electron chi connectivity index (χ0n) is 12.8. The second kappa shape index (κ2) is 7.28. The Labute approximate surface area is 127 Å². The first-order chi connectivity index (χ1) is 10.1. The summed E-state index contributed by atoms with van der Waals surface area (Å²) in [6.45, 7) is 6.20. The molecule has 2 unspecified atom stereocenters. The maximum Gasteiger partial charge on any atom is 0.253 e. The van der Waals surface area contributed by atoms with E-state index in [0.29, 0.717) is 23.8 Å². The van der Waals surface area contributed by atoms with Crippen LogP contribution in [0.15, 0.2) is 24.3 Å². The summed E-state index contributed by atoms with van der Waals surface area (Å²) in [6.07, 6.45) is 1.53. The normalized spacial score (nSPS) is 21.6. The van der Waals surface area contributed by atoms with Crippen LogP contribution in [-0.2, 0) is 0 Å². The molecule has 1 saturated heterocycles. The Morgan fingerprint density at radius 1 is 1.38 bits per heavy atom. The highest BCUT2D eigenvalue weighted by Gasteiger charge is 2.26. The highest BCUT2D eigenvalue weighted by molar-refractivity contribution is 5.94. The third-order valence-corrected chi connectivity index (χ3v) is 4.20. The van der Waals surface area contributed by atoms with Crippen molar-refractivity contribution in [2.45, 2.75) is 26.7 Å². The number of benzene rings is 1. The van der Waals surface area contributed by atoms with Crippen LogP contribution < -0.4 is 0 Å². The molecule has 2 atom stereocenters. The van der Waals surface area contributed by atoms with Gasteiger partial charge in [0, 0.05) is 30.6 Å². The van der Waals surface area contributed by atoms with Crippen molar-refractivity contribution in [2.75, 3.05) is 19.7 Å². The van der Waals surface area contributed by atoms with Gasteiger partial charge in [0.05, 0.1) is 6.61 Å². The predicted octanol–water partition coefficient (Wildman–Crippen LogP) is 2.54. The van der Waals surface area contributed by atoms with Crippen LogP contribution in [0.1, 0.15) is 42.6 Å². The van der Waals surface area contributed by atoms with E-state index < -0.39 is 0 Å². The van der Waals surface area contributed by atoms with Crippen molar-refractivity contribution in [3.05, 3.63) is 35.4 Å². The van der Waals surface area contributed by atoms with Crippen LogP contribution in [0.2, 0.25) is 0 Å². The molecule has 1 aliphatic heterocycles. The summed E-state index contributed by atoms with van der Waals surface area (Å²) in [4.78, 5) is 14.5. The Balaban J connectivity index is 2.09. The molecule has 2 rings (SSSR count). The number of hydrogen-bond acceptors (Lipinski definition) is 2. The minimum atomic E-state index is 0.0650. The molecule has 1 N–H and O–H groups in total. The molecule has 0 radical (unpaired) electrons. The number of hydrogen-bond donors (Lipinski definition) is 1. The van der Waals surface area contributed by atoms with Crippen LogP contribution in [0.25, 0.3) is 0 Å². The molecular formula is C18H23NO2. The molecule has 3 nitrogen and oxygen atoms in total. The van der Waals surface area contributed by atoms with Gasteiger partial charge in [-0.05, 0) is 36.5 Å². The fourth-order valence-electron chi connectivity index (χ4n) is 2.58. The van der Waals surface area contributed by atoms with Crippen molar-refractivity contribution in [1.82, 2.24) is 4.90 Å². The summed E-state index contributed by atoms with van der Waals surface area (Å²) in [5.74, 6) is 7.20. The fraction of sp³-hybridized carbons (Fsp3) is 0.500. The van der Waals surface area contributed by atoms with Crippen molar-refractivity contribution < 1.29 is 9.90 Å². The number of carbonyl (C=O) groups is 1. The van der Waals surface area contributed by atoms with Gasteiger partial charge in [0.2, 0.25) is 0 Å². The monoisotopic (exact) mass is 285 g/mol. The van der Waals surface area contributed by atoms with Gasteiger partial charge >= 0.3 is 0 Å². The minimum absolute atomic E-state index is 0.0650. The lowest BCUT2D eigenvalue weighted by molar-refractivity contribution is 0.0627. The molecule has 0 spiro atoms. The van der Waals surface area contributed by atoms with E-state index in [0.717, 1.165) is 25.1 Å². The number of amides is 1. The lowest BCUT2D eigenvalue weighted by atomic mass is 9.88. The van der Waals surface area contributed by atoms with E-state index in [1.807, 2.05) is 29.2 Å². The summed E-state index contributed by atoms with van der Waals surface area (Å²) in [5.41, 5.74) is 1.53. The fourth-order valence-corrected chi connectivity index (χ4v) is 2.58. The van der Waals surface area contributed by atoms with Gasteiger partial charge in [0.25, 0.3) is 5.91 Å². The van der Waals surface area contributed by atoms with Crippen LogP contribution >= 0.6 is 0 Å². The Morgan fingerprint density at radius 2 is 2.19 bits per heavy atom. The highest BCUT2D eigenvalue weighted by atomic mass is 16.2. The first-order valence-electron chi connectivity index (χ1n) is 7.61. The van der Waals surface area contributed by atoms with Crippen molar-refractivity contribution in [1.29, 1.82) is 0 Å². The number of piperidine rings is 1. The van der Waals surface area contributed by atoms with E-state index in [1.54, 1.807) is 0 Å². The van der Waals surface area contributed by atoms with Gasteiger partial charge in [-0.25, -0.2) is 0 Å². The van der Waals surface area contributed by atoms with Crippen LogP contribution in [0.3, 0.4) is 0 Å². The van der Waals surface area contributed by atoms with Gasteiger partial charge in [0.15, 0.2) is 0 Å². The number of nitrogens with zero attached hydrogens (tertiary/aromatic N) is 1. The zero-order chi connectivity index (χ0) is 15.2. The van der Waals surface area contributed by atoms with E-state index in [9.17, 15) is 4.79 Å². The lowest BCUT2D eigenvalue weighted by Gasteiger charge is -2.35. The molecule has 1 heterocycles. The van der Waals surface area contributed by atoms with Crippen molar-refractivity contribution in [3.63, 3.8) is 0 Å². The predicted molar refractivity (Wildman–Crippen MR) is 83.9 cm³/mol. The molecule has 0 saturated carbocycles. The molecule has 0 aliphatic carbocycles. The Hall–Kier alpha value is -1.79. The smallest absolute Gasteiger partial charge is 0.253 e. The van der Waals surface area contributed by atoms with Gasteiger partial charge in [-0.3, -0.25) is 4.79 Å². The summed E-state index contributed by atoms with van der Waals surface area (Å²) < 4.78 is 0. The molecule has 21 heavy (non-hydrogen) atoms. The lowest BCUT2D eigenvalue weighted by Crippen LogP contribution is -2.42. The summed E-state index contributed by atoms with van der Waals surface area (Å²) in [5, 5.41) is 8.74. The number of likely N-dealkylation sites (tertiary alicyclic amines) is 1. The minimum Gasteiger partial charge on any atom is -0.395 e. The Bertz CT molecular complexity index is 556. The molecule has 1 aromatic rings. The standard InChI is InChI=1S/C18H23NO2/c1-14-9-10-19(13-15(14)2)18(21)17-8-5-7-16(12-17)6-3-4-11-20/h5,7-8,12,14-15,20H,4,9-11,13H2,1-2H3. The molecule has 1 aromatic carbocycles. The van der Waals surface area contributed by atoms with Crippen LogP contribution in [0.5, 0.6) is 0 Å². The third kappa shape index (κ3) is 4.09. The zero-order valence-corrected chi connectivity index (χ0v) is 12.8. The highest BCUT2D eigenvalue weighted by Crippen LogP contribution is 2.23. The second-order valence-electron chi connectivity index (χ2n) is 5.85. The van der Waals surface area contributed by atoms with E-state index in [4.69, 9.17) is 5.11 Å². The summed E-state index contributed by atoms with van der Waals surface area (Å²) in [7, 11) is 0. The Morgan fingerprint density at radius 3 is 2.90 bits per heavy atom. The van der Waals surface area contributed by atoms with E-state index in [-0.39, 0.29) is 12.5 Å². The molecule has 0 aromatic heterocycles. The first kappa shape index (κ1) is 15.6. The quantitative estimate of drug-likeness (QED) is 0.848. The SMILES string of the molecule is CC1CCN(C(=O)c2cccc(C#CCCO)c2)CC1C. The molecule has 3 heteroatoms. The molecule has 1 aliphatic rings.